The molecule has 25 heavy (non-hydrogen) atoms. The molecule has 0 radical (unpaired) electrons. The van der Waals surface area contributed by atoms with Gasteiger partial charge >= 0.3 is 6.03 Å². The molecule has 2 aromatic rings. The first-order valence-corrected chi connectivity index (χ1v) is 7.97. The highest BCUT2D eigenvalue weighted by atomic mass is 16.2. The third kappa shape index (κ3) is 3.85. The van der Waals surface area contributed by atoms with Crippen molar-refractivity contribution in [1.29, 1.82) is 0 Å². The maximum absolute atomic E-state index is 12.3. The van der Waals surface area contributed by atoms with Crippen LogP contribution in [0.15, 0.2) is 36.5 Å². The molecular weight excluding hydrogens is 322 g/mol. The summed E-state index contributed by atoms with van der Waals surface area (Å²) in [5.74, 6) is -0.490. The number of imide groups is 1. The lowest BCUT2D eigenvalue weighted by atomic mass is 10.1. The number of rotatable bonds is 6. The zero-order valence-electron chi connectivity index (χ0n) is 13.8. The van der Waals surface area contributed by atoms with Gasteiger partial charge in [-0.3, -0.25) is 20.0 Å². The van der Waals surface area contributed by atoms with Gasteiger partial charge in [0.05, 0.1) is 11.9 Å². The number of hydrogen-bond acceptors (Lipinski definition) is 4. The number of hydrogen-bond donors (Lipinski definition) is 3. The van der Waals surface area contributed by atoms with Crippen LogP contribution in [0.4, 0.5) is 4.79 Å². The van der Waals surface area contributed by atoms with Crippen LogP contribution in [0, 0.1) is 0 Å². The number of H-pyrrole nitrogens is 1. The van der Waals surface area contributed by atoms with Gasteiger partial charge in [-0.2, -0.15) is 5.10 Å². The summed E-state index contributed by atoms with van der Waals surface area (Å²) < 4.78 is 0. The van der Waals surface area contributed by atoms with Crippen molar-refractivity contribution in [1.82, 2.24) is 25.7 Å². The summed E-state index contributed by atoms with van der Waals surface area (Å²) >= 11 is 0. The molecule has 2 heterocycles. The second-order valence-electron chi connectivity index (χ2n) is 5.94. The van der Waals surface area contributed by atoms with E-state index in [0.29, 0.717) is 6.54 Å². The number of aromatic amines is 1. The first kappa shape index (κ1) is 16.7. The molecule has 1 saturated heterocycles. The zero-order chi connectivity index (χ0) is 17.8. The Morgan fingerprint density at radius 3 is 2.68 bits per heavy atom. The summed E-state index contributed by atoms with van der Waals surface area (Å²) in [5, 5.41) is 11.7. The largest absolute Gasteiger partial charge is 0.341 e. The van der Waals surface area contributed by atoms with Gasteiger partial charge in [-0.25, -0.2) is 4.79 Å². The van der Waals surface area contributed by atoms with E-state index in [4.69, 9.17) is 0 Å². The number of carbonyl (C=O) groups excluding carboxylic acids is 3. The van der Waals surface area contributed by atoms with Crippen LogP contribution in [0.5, 0.6) is 0 Å². The molecule has 130 valence electrons. The van der Waals surface area contributed by atoms with E-state index in [1.165, 1.54) is 0 Å². The van der Waals surface area contributed by atoms with Crippen LogP contribution in [-0.4, -0.2) is 46.0 Å². The first-order valence-electron chi connectivity index (χ1n) is 7.97. The van der Waals surface area contributed by atoms with Crippen molar-refractivity contribution >= 4 is 17.8 Å². The molecule has 1 fully saturated rings. The minimum Gasteiger partial charge on any atom is -0.341 e. The Bertz CT molecular complexity index is 787. The lowest BCUT2D eigenvalue weighted by molar-refractivity contribution is -0.130. The molecule has 1 aromatic heterocycles. The standard InChI is InChI=1S/C17H19N5O3/c1-22(14(23)8-7-13-16(24)20-17(25)19-13)10-12-9-18-21-15(12)11-5-3-2-4-6-11/h2-6,9,13H,7-8,10H2,1H3,(H,18,21)(H2,19,20,24,25)/t13-/m1/s1. The number of amides is 4. The van der Waals surface area contributed by atoms with E-state index in [1.54, 1.807) is 18.1 Å². The average molecular weight is 341 g/mol. The van der Waals surface area contributed by atoms with Crippen LogP contribution >= 0.6 is 0 Å². The summed E-state index contributed by atoms with van der Waals surface area (Å²) in [4.78, 5) is 36.5. The second-order valence-corrected chi connectivity index (χ2v) is 5.94. The summed E-state index contributed by atoms with van der Waals surface area (Å²) in [7, 11) is 1.71. The van der Waals surface area contributed by atoms with Crippen LogP contribution in [0.1, 0.15) is 18.4 Å². The van der Waals surface area contributed by atoms with E-state index in [-0.39, 0.29) is 24.7 Å². The highest BCUT2D eigenvalue weighted by Gasteiger charge is 2.29. The molecule has 1 aromatic carbocycles. The smallest absolute Gasteiger partial charge is 0.322 e. The number of nitrogens with one attached hydrogen (secondary N) is 3. The fourth-order valence-electron chi connectivity index (χ4n) is 2.75. The molecule has 8 nitrogen and oxygen atoms in total. The molecule has 3 N–H and O–H groups in total. The molecule has 4 amide bonds. The lowest BCUT2D eigenvalue weighted by Crippen LogP contribution is -2.32. The Labute approximate surface area is 144 Å². The van der Waals surface area contributed by atoms with Crippen molar-refractivity contribution in [2.24, 2.45) is 0 Å². The molecule has 1 aliphatic rings. The van der Waals surface area contributed by atoms with Crippen LogP contribution < -0.4 is 10.6 Å². The Hall–Kier alpha value is -3.16. The molecule has 0 unspecified atom stereocenters. The number of aromatic nitrogens is 2. The quantitative estimate of drug-likeness (QED) is 0.682. The van der Waals surface area contributed by atoms with Crippen molar-refractivity contribution in [2.75, 3.05) is 7.05 Å². The Morgan fingerprint density at radius 2 is 2.00 bits per heavy atom. The van der Waals surface area contributed by atoms with Crippen molar-refractivity contribution in [3.8, 4) is 11.3 Å². The Morgan fingerprint density at radius 1 is 1.24 bits per heavy atom. The first-order chi connectivity index (χ1) is 12.0. The predicted octanol–water partition coefficient (Wildman–Crippen LogP) is 1.02. The maximum Gasteiger partial charge on any atom is 0.322 e. The van der Waals surface area contributed by atoms with Crippen molar-refractivity contribution < 1.29 is 14.4 Å². The van der Waals surface area contributed by atoms with Crippen molar-refractivity contribution in [3.05, 3.63) is 42.1 Å². The van der Waals surface area contributed by atoms with Gasteiger partial charge in [-0.15, -0.1) is 0 Å². The SMILES string of the molecule is CN(Cc1cn[nH]c1-c1ccccc1)C(=O)CC[C@H]1NC(=O)NC1=O. The lowest BCUT2D eigenvalue weighted by Gasteiger charge is -2.18. The minimum absolute atomic E-state index is 0.103. The van der Waals surface area contributed by atoms with E-state index >= 15 is 0 Å². The molecule has 3 rings (SSSR count). The summed E-state index contributed by atoms with van der Waals surface area (Å²) in [6, 6.07) is 8.61. The summed E-state index contributed by atoms with van der Waals surface area (Å²) in [6.45, 7) is 0.406. The average Bonchev–Trinajstić information content (AvgIpc) is 3.19. The normalized spacial score (nSPS) is 16.4. The molecule has 8 heteroatoms. The van der Waals surface area contributed by atoms with E-state index < -0.39 is 12.1 Å². The van der Waals surface area contributed by atoms with Gasteiger partial charge in [0.1, 0.15) is 6.04 Å². The predicted molar refractivity (Wildman–Crippen MR) is 90.2 cm³/mol. The van der Waals surface area contributed by atoms with Crippen LogP contribution in [0.2, 0.25) is 0 Å². The monoisotopic (exact) mass is 341 g/mol. The van der Waals surface area contributed by atoms with Crippen LogP contribution in [0.3, 0.4) is 0 Å². The van der Waals surface area contributed by atoms with Gasteiger partial charge in [0.2, 0.25) is 5.91 Å². The van der Waals surface area contributed by atoms with Crippen molar-refractivity contribution in [3.63, 3.8) is 0 Å². The van der Waals surface area contributed by atoms with Gasteiger partial charge < -0.3 is 10.2 Å². The van der Waals surface area contributed by atoms with E-state index in [2.05, 4.69) is 20.8 Å². The number of urea groups is 1. The van der Waals surface area contributed by atoms with Crippen LogP contribution in [-0.2, 0) is 16.1 Å². The molecular formula is C17H19N5O3. The topological polar surface area (TPSA) is 107 Å². The summed E-state index contributed by atoms with van der Waals surface area (Å²) in [6.07, 6.45) is 2.15. The Balaban J connectivity index is 1.58. The highest BCUT2D eigenvalue weighted by Crippen LogP contribution is 2.21. The molecule has 0 aliphatic carbocycles. The van der Waals surface area contributed by atoms with Gasteiger partial charge in [-0.1, -0.05) is 30.3 Å². The second kappa shape index (κ2) is 7.16. The third-order valence-electron chi connectivity index (χ3n) is 4.12. The number of nitrogens with zero attached hydrogens (tertiary/aromatic N) is 2. The number of carbonyl (C=O) groups is 3. The van der Waals surface area contributed by atoms with Gasteiger partial charge in [0, 0.05) is 25.6 Å². The van der Waals surface area contributed by atoms with Gasteiger partial charge in [0.25, 0.3) is 5.91 Å². The fourth-order valence-corrected chi connectivity index (χ4v) is 2.75. The van der Waals surface area contributed by atoms with E-state index in [0.717, 1.165) is 16.8 Å². The van der Waals surface area contributed by atoms with E-state index in [9.17, 15) is 14.4 Å². The van der Waals surface area contributed by atoms with Gasteiger partial charge in [0.15, 0.2) is 0 Å². The Kier molecular flexibility index (Phi) is 4.78. The minimum atomic E-state index is -0.640. The maximum atomic E-state index is 12.3. The molecule has 1 aliphatic heterocycles. The van der Waals surface area contributed by atoms with Gasteiger partial charge in [-0.05, 0) is 12.0 Å². The number of benzene rings is 1. The van der Waals surface area contributed by atoms with Crippen LogP contribution in [0.25, 0.3) is 11.3 Å². The van der Waals surface area contributed by atoms with Crippen molar-refractivity contribution in [2.45, 2.75) is 25.4 Å². The molecule has 1 atom stereocenters. The third-order valence-corrected chi connectivity index (χ3v) is 4.12. The molecule has 0 saturated carbocycles. The molecule has 0 bridgehead atoms. The zero-order valence-corrected chi connectivity index (χ0v) is 13.8. The highest BCUT2D eigenvalue weighted by molar-refractivity contribution is 6.04. The summed E-state index contributed by atoms with van der Waals surface area (Å²) in [5.41, 5.74) is 2.79. The fraction of sp³-hybridized carbons (Fsp3) is 0.294. The molecule has 0 spiro atoms. The van der Waals surface area contributed by atoms with E-state index in [1.807, 2.05) is 30.3 Å².